The number of nitrogens with one attached hydrogen (secondary N) is 1. The molecule has 0 aliphatic heterocycles. The maximum absolute atomic E-state index is 12.5. The highest BCUT2D eigenvalue weighted by Crippen LogP contribution is 2.16. The van der Waals surface area contributed by atoms with E-state index in [9.17, 15) is 4.79 Å². The molecular formula is C18H20N4O. The van der Waals surface area contributed by atoms with Crippen molar-refractivity contribution in [2.75, 3.05) is 19.4 Å². The van der Waals surface area contributed by atoms with E-state index in [2.05, 4.69) is 15.3 Å². The quantitative estimate of drug-likeness (QED) is 0.806. The maximum Gasteiger partial charge on any atom is 0.259 e. The van der Waals surface area contributed by atoms with E-state index in [1.165, 1.54) is 5.56 Å². The van der Waals surface area contributed by atoms with Gasteiger partial charge >= 0.3 is 0 Å². The van der Waals surface area contributed by atoms with E-state index in [-0.39, 0.29) is 5.91 Å². The van der Waals surface area contributed by atoms with Crippen LogP contribution >= 0.6 is 0 Å². The SMILES string of the molecule is Cc1cccc2c(C(=O)Nc3ccc(CN(C)C)cc3)cnn12. The average Bonchev–Trinajstić information content (AvgIpc) is 2.94. The molecule has 0 spiro atoms. The summed E-state index contributed by atoms with van der Waals surface area (Å²) in [6.45, 7) is 2.84. The van der Waals surface area contributed by atoms with Crippen LogP contribution in [-0.2, 0) is 6.54 Å². The van der Waals surface area contributed by atoms with Crippen LogP contribution in [-0.4, -0.2) is 34.5 Å². The zero-order valence-electron chi connectivity index (χ0n) is 13.6. The van der Waals surface area contributed by atoms with E-state index in [1.54, 1.807) is 10.7 Å². The summed E-state index contributed by atoms with van der Waals surface area (Å²) in [6, 6.07) is 13.7. The molecule has 3 aromatic rings. The van der Waals surface area contributed by atoms with Gasteiger partial charge in [-0.3, -0.25) is 4.79 Å². The lowest BCUT2D eigenvalue weighted by atomic mass is 10.2. The fourth-order valence-corrected chi connectivity index (χ4v) is 2.58. The number of nitrogens with zero attached hydrogens (tertiary/aromatic N) is 3. The molecule has 2 heterocycles. The van der Waals surface area contributed by atoms with Crippen molar-refractivity contribution >= 4 is 17.1 Å². The topological polar surface area (TPSA) is 49.6 Å². The second-order valence-corrected chi connectivity index (χ2v) is 5.91. The van der Waals surface area contributed by atoms with Gasteiger partial charge in [0.25, 0.3) is 5.91 Å². The summed E-state index contributed by atoms with van der Waals surface area (Å²) in [4.78, 5) is 14.6. The third-order valence-corrected chi connectivity index (χ3v) is 3.69. The van der Waals surface area contributed by atoms with Gasteiger partial charge in [0, 0.05) is 17.9 Å². The number of aromatic nitrogens is 2. The first kappa shape index (κ1) is 15.2. The maximum atomic E-state index is 12.5. The van der Waals surface area contributed by atoms with Crippen molar-refractivity contribution in [3.05, 3.63) is 65.5 Å². The van der Waals surface area contributed by atoms with E-state index in [0.717, 1.165) is 23.4 Å². The number of fused-ring (bicyclic) bond motifs is 1. The normalized spacial score (nSPS) is 11.1. The van der Waals surface area contributed by atoms with E-state index < -0.39 is 0 Å². The lowest BCUT2D eigenvalue weighted by Crippen LogP contribution is -2.12. The first-order chi connectivity index (χ1) is 11.0. The highest BCUT2D eigenvalue weighted by atomic mass is 16.1. The number of aryl methyl sites for hydroxylation is 1. The summed E-state index contributed by atoms with van der Waals surface area (Å²) < 4.78 is 1.77. The Morgan fingerprint density at radius 2 is 1.91 bits per heavy atom. The third-order valence-electron chi connectivity index (χ3n) is 3.69. The Labute approximate surface area is 135 Å². The summed E-state index contributed by atoms with van der Waals surface area (Å²) in [7, 11) is 4.06. The zero-order chi connectivity index (χ0) is 16.4. The van der Waals surface area contributed by atoms with Gasteiger partial charge in [0.15, 0.2) is 0 Å². The van der Waals surface area contributed by atoms with Gasteiger partial charge in [-0.25, -0.2) is 4.52 Å². The molecular weight excluding hydrogens is 288 g/mol. The van der Waals surface area contributed by atoms with Crippen LogP contribution in [0.2, 0.25) is 0 Å². The fraction of sp³-hybridized carbons (Fsp3) is 0.222. The molecule has 0 fully saturated rings. The van der Waals surface area contributed by atoms with Gasteiger partial charge < -0.3 is 10.2 Å². The number of amides is 1. The molecule has 118 valence electrons. The Morgan fingerprint density at radius 1 is 1.17 bits per heavy atom. The van der Waals surface area contributed by atoms with Crippen molar-refractivity contribution in [2.24, 2.45) is 0 Å². The molecule has 0 saturated heterocycles. The highest BCUT2D eigenvalue weighted by molar-refractivity contribution is 6.08. The van der Waals surface area contributed by atoms with Crippen LogP contribution in [0, 0.1) is 6.92 Å². The molecule has 1 N–H and O–H groups in total. The van der Waals surface area contributed by atoms with E-state index >= 15 is 0 Å². The lowest BCUT2D eigenvalue weighted by Gasteiger charge is -2.10. The molecule has 0 unspecified atom stereocenters. The first-order valence-electron chi connectivity index (χ1n) is 7.53. The van der Waals surface area contributed by atoms with Crippen molar-refractivity contribution in [2.45, 2.75) is 13.5 Å². The summed E-state index contributed by atoms with van der Waals surface area (Å²) in [5.41, 5.74) is 4.37. The second-order valence-electron chi connectivity index (χ2n) is 5.91. The Bertz CT molecular complexity index is 834. The van der Waals surface area contributed by atoms with Crippen molar-refractivity contribution in [1.29, 1.82) is 0 Å². The molecule has 1 amide bonds. The van der Waals surface area contributed by atoms with Crippen molar-refractivity contribution < 1.29 is 4.79 Å². The number of carbonyl (C=O) groups excluding carboxylic acids is 1. The molecule has 0 saturated carbocycles. The van der Waals surface area contributed by atoms with Crippen molar-refractivity contribution in [1.82, 2.24) is 14.5 Å². The van der Waals surface area contributed by atoms with Gasteiger partial charge in [-0.05, 0) is 50.8 Å². The predicted molar refractivity (Wildman–Crippen MR) is 91.7 cm³/mol. The molecule has 3 rings (SSSR count). The Balaban J connectivity index is 1.79. The van der Waals surface area contributed by atoms with Crippen LogP contribution in [0.15, 0.2) is 48.7 Å². The minimum atomic E-state index is -0.147. The van der Waals surface area contributed by atoms with Crippen molar-refractivity contribution in [3.63, 3.8) is 0 Å². The summed E-state index contributed by atoms with van der Waals surface area (Å²) in [5.74, 6) is -0.147. The van der Waals surface area contributed by atoms with Gasteiger partial charge in [-0.15, -0.1) is 0 Å². The minimum absolute atomic E-state index is 0.147. The molecule has 0 aliphatic rings. The molecule has 0 atom stereocenters. The van der Waals surface area contributed by atoms with E-state index in [0.29, 0.717) is 5.56 Å². The highest BCUT2D eigenvalue weighted by Gasteiger charge is 2.13. The number of benzene rings is 1. The van der Waals surface area contributed by atoms with Crippen LogP contribution in [0.25, 0.3) is 5.52 Å². The van der Waals surface area contributed by atoms with Gasteiger partial charge in [0.05, 0.1) is 17.3 Å². The third kappa shape index (κ3) is 3.24. The molecule has 0 aliphatic carbocycles. The largest absolute Gasteiger partial charge is 0.322 e. The number of carbonyl (C=O) groups is 1. The number of hydrogen-bond donors (Lipinski definition) is 1. The number of pyridine rings is 1. The fourth-order valence-electron chi connectivity index (χ4n) is 2.58. The minimum Gasteiger partial charge on any atom is -0.322 e. The monoisotopic (exact) mass is 308 g/mol. The Kier molecular flexibility index (Phi) is 4.12. The molecule has 0 bridgehead atoms. The van der Waals surface area contributed by atoms with Gasteiger partial charge in [-0.2, -0.15) is 5.10 Å². The predicted octanol–water partition coefficient (Wildman–Crippen LogP) is 2.96. The van der Waals surface area contributed by atoms with Gasteiger partial charge in [0.2, 0.25) is 0 Å². The number of hydrogen-bond acceptors (Lipinski definition) is 3. The number of anilines is 1. The van der Waals surface area contributed by atoms with E-state index in [4.69, 9.17) is 0 Å². The van der Waals surface area contributed by atoms with Gasteiger partial charge in [-0.1, -0.05) is 18.2 Å². The molecule has 23 heavy (non-hydrogen) atoms. The van der Waals surface area contributed by atoms with Crippen LogP contribution in [0.3, 0.4) is 0 Å². The standard InChI is InChI=1S/C18H20N4O/c1-13-5-4-6-17-16(11-19-22(13)17)18(23)20-15-9-7-14(8-10-15)12-21(2)3/h4-11H,12H2,1-3H3,(H,20,23). The lowest BCUT2D eigenvalue weighted by molar-refractivity contribution is 0.102. The van der Waals surface area contributed by atoms with Crippen molar-refractivity contribution in [3.8, 4) is 0 Å². The van der Waals surface area contributed by atoms with Crippen LogP contribution in [0.5, 0.6) is 0 Å². The molecule has 5 heteroatoms. The zero-order valence-corrected chi connectivity index (χ0v) is 13.6. The second kappa shape index (κ2) is 6.22. The average molecular weight is 308 g/mol. The summed E-state index contributed by atoms with van der Waals surface area (Å²) in [6.07, 6.45) is 1.61. The smallest absolute Gasteiger partial charge is 0.259 e. The number of rotatable bonds is 4. The van der Waals surface area contributed by atoms with Crippen LogP contribution in [0.1, 0.15) is 21.6 Å². The molecule has 2 aromatic heterocycles. The van der Waals surface area contributed by atoms with Crippen LogP contribution in [0.4, 0.5) is 5.69 Å². The summed E-state index contributed by atoms with van der Waals surface area (Å²) in [5, 5.41) is 7.21. The van der Waals surface area contributed by atoms with Gasteiger partial charge in [0.1, 0.15) is 0 Å². The molecule has 5 nitrogen and oxygen atoms in total. The molecule has 0 radical (unpaired) electrons. The molecule has 1 aromatic carbocycles. The van der Waals surface area contributed by atoms with Crippen LogP contribution < -0.4 is 5.32 Å². The first-order valence-corrected chi connectivity index (χ1v) is 7.53. The Hall–Kier alpha value is -2.66. The van der Waals surface area contributed by atoms with E-state index in [1.807, 2.05) is 63.5 Å². The summed E-state index contributed by atoms with van der Waals surface area (Å²) >= 11 is 0. The Morgan fingerprint density at radius 3 is 2.61 bits per heavy atom.